The van der Waals surface area contributed by atoms with Crippen molar-refractivity contribution >= 4 is 50.5 Å². The molecule has 1 N–H and O–H groups in total. The number of halogens is 1. The third kappa shape index (κ3) is 3.96. The van der Waals surface area contributed by atoms with Gasteiger partial charge < -0.3 is 5.11 Å². The molecule has 2 aromatic heterocycles. The predicted octanol–water partition coefficient (Wildman–Crippen LogP) is 4.90. The van der Waals surface area contributed by atoms with Gasteiger partial charge in [0.25, 0.3) is 0 Å². The lowest BCUT2D eigenvalue weighted by Crippen LogP contribution is -2.07. The van der Waals surface area contributed by atoms with Gasteiger partial charge in [-0.25, -0.2) is 4.98 Å². The van der Waals surface area contributed by atoms with Crippen molar-refractivity contribution in [1.29, 1.82) is 5.26 Å². The van der Waals surface area contributed by atoms with E-state index in [0.29, 0.717) is 15.2 Å². The second-order valence-corrected chi connectivity index (χ2v) is 8.74. The van der Waals surface area contributed by atoms with E-state index < -0.39 is 5.25 Å². The highest BCUT2D eigenvalue weighted by Crippen LogP contribution is 2.33. The van der Waals surface area contributed by atoms with Crippen LogP contribution in [-0.2, 0) is 0 Å². The van der Waals surface area contributed by atoms with E-state index in [2.05, 4.69) is 26.6 Å². The Morgan fingerprint density at radius 3 is 2.72 bits per heavy atom. The third-order valence-electron chi connectivity index (χ3n) is 4.06. The summed E-state index contributed by atoms with van der Waals surface area (Å²) < 4.78 is 2.50. The summed E-state index contributed by atoms with van der Waals surface area (Å²) in [6.07, 6.45) is 0. The summed E-state index contributed by atoms with van der Waals surface area (Å²) in [5.74, 6) is -0.0674. The van der Waals surface area contributed by atoms with Gasteiger partial charge in [-0.2, -0.15) is 9.94 Å². The summed E-state index contributed by atoms with van der Waals surface area (Å²) in [7, 11) is 0. The Hall–Kier alpha value is -2.93. The number of hydrogen-bond donors (Lipinski definition) is 1. The predicted molar refractivity (Wildman–Crippen MR) is 114 cm³/mol. The molecule has 0 aliphatic rings. The third-order valence-corrected chi connectivity index (χ3v) is 6.40. The first-order valence-corrected chi connectivity index (χ1v) is 10.5. The molecule has 0 radical (unpaired) electrons. The Bertz CT molecular complexity index is 1210. The van der Waals surface area contributed by atoms with E-state index in [-0.39, 0.29) is 11.3 Å². The Morgan fingerprint density at radius 2 is 2.00 bits per heavy atom. The van der Waals surface area contributed by atoms with Crippen molar-refractivity contribution in [1.82, 2.24) is 25.2 Å². The zero-order chi connectivity index (χ0) is 20.4. The molecule has 0 bridgehead atoms. The van der Waals surface area contributed by atoms with E-state index >= 15 is 0 Å². The summed E-state index contributed by atoms with van der Waals surface area (Å²) in [5.41, 5.74) is 1.68. The fourth-order valence-electron chi connectivity index (χ4n) is 2.61. The number of thiazole rings is 1. The van der Waals surface area contributed by atoms with Crippen molar-refractivity contribution in [3.05, 3.63) is 64.3 Å². The molecule has 2 aromatic carbocycles. The quantitative estimate of drug-likeness (QED) is 0.267. The molecule has 0 saturated heterocycles. The van der Waals surface area contributed by atoms with Crippen LogP contribution in [0.25, 0.3) is 21.5 Å². The van der Waals surface area contributed by atoms with Gasteiger partial charge in [0, 0.05) is 5.02 Å². The lowest BCUT2D eigenvalue weighted by molar-refractivity contribution is 0.402. The molecule has 0 spiro atoms. The molecule has 0 aliphatic carbocycles. The maximum atomic E-state index is 10.8. The molecule has 144 valence electrons. The van der Waals surface area contributed by atoms with Gasteiger partial charge in [0.2, 0.25) is 5.16 Å². The molecule has 1 unspecified atom stereocenters. The summed E-state index contributed by atoms with van der Waals surface area (Å²) >= 11 is 8.54. The number of rotatable bonds is 5. The van der Waals surface area contributed by atoms with Gasteiger partial charge in [-0.1, -0.05) is 35.5 Å². The molecule has 29 heavy (non-hydrogen) atoms. The Balaban J connectivity index is 1.64. The van der Waals surface area contributed by atoms with Crippen LogP contribution >= 0.6 is 34.7 Å². The maximum absolute atomic E-state index is 10.8. The summed E-state index contributed by atoms with van der Waals surface area (Å²) in [5, 5.41) is 33.3. The van der Waals surface area contributed by atoms with E-state index in [9.17, 15) is 10.4 Å². The van der Waals surface area contributed by atoms with Crippen LogP contribution in [0.5, 0.6) is 0 Å². The number of hydrogen-bond acceptors (Lipinski definition) is 8. The summed E-state index contributed by atoms with van der Waals surface area (Å²) in [6.45, 7) is 1.78. The fraction of sp³-hybridized carbons (Fsp3) is 0.105. The smallest absolute Gasteiger partial charge is 0.214 e. The van der Waals surface area contributed by atoms with Crippen molar-refractivity contribution in [2.75, 3.05) is 0 Å². The molecule has 0 amide bonds. The van der Waals surface area contributed by atoms with Crippen molar-refractivity contribution in [3.63, 3.8) is 0 Å². The van der Waals surface area contributed by atoms with Crippen LogP contribution < -0.4 is 0 Å². The van der Waals surface area contributed by atoms with Gasteiger partial charge >= 0.3 is 0 Å². The van der Waals surface area contributed by atoms with E-state index in [1.807, 2.05) is 24.3 Å². The number of allylic oxidation sites excluding steroid dienone is 1. The van der Waals surface area contributed by atoms with Crippen LogP contribution in [0.4, 0.5) is 0 Å². The number of thioether (sulfide) groups is 1. The highest BCUT2D eigenvalue weighted by atomic mass is 35.5. The van der Waals surface area contributed by atoms with E-state index in [0.717, 1.165) is 15.9 Å². The molecule has 1 atom stereocenters. The molecule has 0 aliphatic heterocycles. The molecule has 7 nitrogen and oxygen atoms in total. The number of fused-ring (bicyclic) bond motifs is 1. The van der Waals surface area contributed by atoms with Gasteiger partial charge in [-0.15, -0.1) is 16.4 Å². The van der Waals surface area contributed by atoms with Crippen molar-refractivity contribution in [2.24, 2.45) is 0 Å². The number of aromatic nitrogens is 5. The highest BCUT2D eigenvalue weighted by molar-refractivity contribution is 7.99. The standard InChI is InChI=1S/C19H13ClN6OS2/c1-11(28-19-23-24-25-26(19)13-8-6-12(20)7-9-13)17(27)14(10-21)18-22-15-4-2-3-5-16(15)29-18/h2-9,11,27H,1H3/b17-14-. The van der Waals surface area contributed by atoms with E-state index in [1.165, 1.54) is 23.1 Å². The molecular weight excluding hydrogens is 428 g/mol. The lowest BCUT2D eigenvalue weighted by Gasteiger charge is -2.11. The van der Waals surface area contributed by atoms with Crippen LogP contribution in [0.3, 0.4) is 0 Å². The van der Waals surface area contributed by atoms with Gasteiger partial charge in [0.1, 0.15) is 22.4 Å². The van der Waals surface area contributed by atoms with Gasteiger partial charge in [-0.05, 0) is 53.7 Å². The van der Waals surface area contributed by atoms with Crippen LogP contribution in [0.15, 0.2) is 59.4 Å². The van der Waals surface area contributed by atoms with Crippen LogP contribution in [0.2, 0.25) is 5.02 Å². The zero-order valence-corrected chi connectivity index (χ0v) is 17.4. The van der Waals surface area contributed by atoms with E-state index in [1.54, 1.807) is 35.9 Å². The number of aliphatic hydroxyl groups is 1. The zero-order valence-electron chi connectivity index (χ0n) is 15.0. The van der Waals surface area contributed by atoms with Gasteiger partial charge in [-0.3, -0.25) is 0 Å². The number of para-hydroxylation sites is 1. The Labute approximate surface area is 179 Å². The van der Waals surface area contributed by atoms with Crippen LogP contribution in [0.1, 0.15) is 11.9 Å². The van der Waals surface area contributed by atoms with E-state index in [4.69, 9.17) is 11.6 Å². The van der Waals surface area contributed by atoms with Crippen molar-refractivity contribution in [2.45, 2.75) is 17.3 Å². The van der Waals surface area contributed by atoms with Gasteiger partial charge in [0.15, 0.2) is 0 Å². The van der Waals surface area contributed by atoms with Crippen LogP contribution in [0, 0.1) is 11.3 Å². The van der Waals surface area contributed by atoms with Crippen LogP contribution in [-0.4, -0.2) is 35.5 Å². The summed E-state index contributed by atoms with van der Waals surface area (Å²) in [4.78, 5) is 4.47. The minimum atomic E-state index is -0.464. The number of aliphatic hydroxyl groups excluding tert-OH is 1. The number of benzene rings is 2. The molecule has 0 saturated carbocycles. The van der Waals surface area contributed by atoms with Crippen molar-refractivity contribution in [3.8, 4) is 11.8 Å². The second kappa shape index (κ2) is 8.21. The normalized spacial score (nSPS) is 13.1. The SMILES string of the molecule is CC(Sc1nnnn1-c1ccc(Cl)cc1)/C(O)=C(\C#N)c1nc2ccccc2s1. The number of nitriles is 1. The number of tetrazole rings is 1. The molecule has 4 aromatic rings. The minimum absolute atomic E-state index is 0.0674. The molecular formula is C19H13ClN6OS2. The maximum Gasteiger partial charge on any atom is 0.214 e. The number of nitrogens with zero attached hydrogens (tertiary/aromatic N) is 6. The Morgan fingerprint density at radius 1 is 1.24 bits per heavy atom. The second-order valence-electron chi connectivity index (χ2n) is 5.97. The molecule has 0 fully saturated rings. The first kappa shape index (κ1) is 19.4. The first-order valence-electron chi connectivity index (χ1n) is 8.47. The molecule has 10 heteroatoms. The molecule has 2 heterocycles. The monoisotopic (exact) mass is 440 g/mol. The average Bonchev–Trinajstić information content (AvgIpc) is 3.36. The minimum Gasteiger partial charge on any atom is -0.510 e. The summed E-state index contributed by atoms with van der Waals surface area (Å²) in [6, 6.07) is 16.8. The largest absolute Gasteiger partial charge is 0.510 e. The van der Waals surface area contributed by atoms with Crippen molar-refractivity contribution < 1.29 is 5.11 Å². The highest BCUT2D eigenvalue weighted by Gasteiger charge is 2.22. The first-order chi connectivity index (χ1) is 14.1. The average molecular weight is 441 g/mol. The lowest BCUT2D eigenvalue weighted by atomic mass is 10.2. The van der Waals surface area contributed by atoms with Gasteiger partial charge in [0.05, 0.1) is 21.2 Å². The topological polar surface area (TPSA) is 101 Å². The Kier molecular flexibility index (Phi) is 5.49. The fourth-order valence-corrected chi connectivity index (χ4v) is 4.57. The molecule has 4 rings (SSSR count).